The minimum absolute atomic E-state index is 0.0188. The van der Waals surface area contributed by atoms with Crippen molar-refractivity contribution >= 4 is 21.4 Å². The molecule has 0 fully saturated rings. The molecule has 17 heavy (non-hydrogen) atoms. The first-order chi connectivity index (χ1) is 7.70. The van der Waals surface area contributed by atoms with Gasteiger partial charge in [-0.25, -0.2) is 8.42 Å². The normalized spacial score (nSPS) is 14.6. The monoisotopic (exact) mass is 288 g/mol. The Morgan fingerprint density at radius 2 is 1.94 bits per heavy atom. The molecule has 1 N–H and O–H groups in total. The Morgan fingerprint density at radius 1 is 1.35 bits per heavy atom. The second-order valence-electron chi connectivity index (χ2n) is 3.19. The zero-order valence-corrected chi connectivity index (χ0v) is 9.85. The SMILES string of the molecule is O=S(=O)(c1cccc(C(O)CCl)c1)C(F)(F)F. The molecule has 0 radical (unpaired) electrons. The second-order valence-corrected chi connectivity index (χ2v) is 5.44. The van der Waals surface area contributed by atoms with Gasteiger partial charge in [0, 0.05) is 0 Å². The van der Waals surface area contributed by atoms with E-state index >= 15 is 0 Å². The maximum atomic E-state index is 12.3. The number of rotatable bonds is 3. The highest BCUT2D eigenvalue weighted by Gasteiger charge is 2.46. The largest absolute Gasteiger partial charge is 0.501 e. The molecule has 0 aliphatic carbocycles. The Bertz CT molecular complexity index is 498. The maximum absolute atomic E-state index is 12.3. The highest BCUT2D eigenvalue weighted by atomic mass is 35.5. The predicted molar refractivity (Wildman–Crippen MR) is 55.4 cm³/mol. The molecule has 0 saturated heterocycles. The first-order valence-electron chi connectivity index (χ1n) is 4.35. The van der Waals surface area contributed by atoms with Crippen LogP contribution < -0.4 is 0 Å². The molecule has 0 bridgehead atoms. The zero-order chi connectivity index (χ0) is 13.3. The van der Waals surface area contributed by atoms with Crippen LogP contribution in [0.1, 0.15) is 11.7 Å². The van der Waals surface area contributed by atoms with E-state index < -0.39 is 26.3 Å². The highest BCUT2D eigenvalue weighted by molar-refractivity contribution is 7.92. The molecule has 1 aromatic carbocycles. The van der Waals surface area contributed by atoms with E-state index in [-0.39, 0.29) is 11.4 Å². The molecular weight excluding hydrogens is 281 g/mol. The summed E-state index contributed by atoms with van der Waals surface area (Å²) in [5.41, 5.74) is -5.34. The lowest BCUT2D eigenvalue weighted by Gasteiger charge is -2.11. The van der Waals surface area contributed by atoms with Gasteiger partial charge in [0.15, 0.2) is 0 Å². The van der Waals surface area contributed by atoms with Crippen molar-refractivity contribution in [3.63, 3.8) is 0 Å². The number of sulfone groups is 1. The van der Waals surface area contributed by atoms with Crippen molar-refractivity contribution in [1.82, 2.24) is 0 Å². The Hall–Kier alpha value is -0.790. The molecule has 8 heteroatoms. The molecule has 0 aliphatic rings. The Labute approximate surface area is 101 Å². The van der Waals surface area contributed by atoms with Gasteiger partial charge in [-0.3, -0.25) is 0 Å². The minimum atomic E-state index is -5.39. The van der Waals surface area contributed by atoms with Crippen LogP contribution in [0.4, 0.5) is 13.2 Å². The van der Waals surface area contributed by atoms with E-state index in [2.05, 4.69) is 0 Å². The Morgan fingerprint density at radius 3 is 2.41 bits per heavy atom. The topological polar surface area (TPSA) is 54.4 Å². The van der Waals surface area contributed by atoms with E-state index in [4.69, 9.17) is 11.6 Å². The number of benzene rings is 1. The third-order valence-corrected chi connectivity index (χ3v) is 3.78. The third kappa shape index (κ3) is 2.91. The van der Waals surface area contributed by atoms with E-state index in [1.807, 2.05) is 0 Å². The minimum Gasteiger partial charge on any atom is -0.387 e. The third-order valence-electron chi connectivity index (χ3n) is 2.00. The summed E-state index contributed by atoms with van der Waals surface area (Å²) in [6.45, 7) is 0. The molecule has 0 spiro atoms. The van der Waals surface area contributed by atoms with E-state index in [9.17, 15) is 26.7 Å². The van der Waals surface area contributed by atoms with Gasteiger partial charge in [0.1, 0.15) is 0 Å². The van der Waals surface area contributed by atoms with Crippen molar-refractivity contribution in [2.24, 2.45) is 0 Å². The van der Waals surface area contributed by atoms with Crippen LogP contribution in [0.15, 0.2) is 29.2 Å². The van der Waals surface area contributed by atoms with Crippen LogP contribution >= 0.6 is 11.6 Å². The average Bonchev–Trinajstić information content (AvgIpc) is 2.26. The van der Waals surface area contributed by atoms with Crippen LogP contribution in [0.3, 0.4) is 0 Å². The molecule has 0 aromatic heterocycles. The average molecular weight is 289 g/mol. The van der Waals surface area contributed by atoms with E-state index in [1.54, 1.807) is 0 Å². The number of halogens is 4. The second kappa shape index (κ2) is 4.83. The van der Waals surface area contributed by atoms with E-state index in [1.165, 1.54) is 6.07 Å². The molecule has 0 heterocycles. The summed E-state index contributed by atoms with van der Waals surface area (Å²) in [6, 6.07) is 3.98. The van der Waals surface area contributed by atoms with Gasteiger partial charge in [-0.2, -0.15) is 13.2 Å². The number of alkyl halides is 4. The lowest BCUT2D eigenvalue weighted by molar-refractivity contribution is -0.0436. The molecule has 1 rings (SSSR count). The zero-order valence-electron chi connectivity index (χ0n) is 8.28. The molecular formula is C9H8ClF3O3S. The quantitative estimate of drug-likeness (QED) is 0.868. The maximum Gasteiger partial charge on any atom is 0.501 e. The lowest BCUT2D eigenvalue weighted by atomic mass is 10.1. The number of hydrogen-bond donors (Lipinski definition) is 1. The van der Waals surface area contributed by atoms with Crippen LogP contribution in [0.2, 0.25) is 0 Å². The molecule has 96 valence electrons. The lowest BCUT2D eigenvalue weighted by Crippen LogP contribution is -2.23. The fourth-order valence-corrected chi connectivity index (χ4v) is 2.11. The van der Waals surface area contributed by atoms with Gasteiger partial charge < -0.3 is 5.11 Å². The molecule has 0 aliphatic heterocycles. The summed E-state index contributed by atoms with van der Waals surface area (Å²) in [5, 5.41) is 9.31. The summed E-state index contributed by atoms with van der Waals surface area (Å²) < 4.78 is 58.9. The van der Waals surface area contributed by atoms with Crippen molar-refractivity contribution < 1.29 is 26.7 Å². The predicted octanol–water partition coefficient (Wildman–Crippen LogP) is 2.25. The molecule has 0 saturated carbocycles. The Balaban J connectivity index is 3.26. The van der Waals surface area contributed by atoms with Gasteiger partial charge in [0.05, 0.1) is 16.9 Å². The van der Waals surface area contributed by atoms with Crippen LogP contribution in [0.25, 0.3) is 0 Å². The molecule has 1 aromatic rings. The van der Waals surface area contributed by atoms with Crippen molar-refractivity contribution in [2.75, 3.05) is 5.88 Å². The number of hydrogen-bond acceptors (Lipinski definition) is 3. The smallest absolute Gasteiger partial charge is 0.387 e. The number of aliphatic hydroxyl groups is 1. The van der Waals surface area contributed by atoms with Crippen LogP contribution in [0.5, 0.6) is 0 Å². The van der Waals surface area contributed by atoms with Crippen molar-refractivity contribution in [1.29, 1.82) is 0 Å². The fraction of sp³-hybridized carbons (Fsp3) is 0.333. The molecule has 3 nitrogen and oxygen atoms in total. The summed E-state index contributed by atoms with van der Waals surface area (Å²) in [6.07, 6.45) is -1.21. The summed E-state index contributed by atoms with van der Waals surface area (Å²) >= 11 is 5.32. The fourth-order valence-electron chi connectivity index (χ4n) is 1.11. The van der Waals surface area contributed by atoms with Gasteiger partial charge in [-0.05, 0) is 17.7 Å². The van der Waals surface area contributed by atoms with Gasteiger partial charge in [0.25, 0.3) is 9.84 Å². The van der Waals surface area contributed by atoms with E-state index in [0.717, 1.165) is 18.2 Å². The molecule has 1 atom stereocenters. The number of aliphatic hydroxyl groups excluding tert-OH is 1. The van der Waals surface area contributed by atoms with Crippen LogP contribution in [-0.4, -0.2) is 24.9 Å². The van der Waals surface area contributed by atoms with Gasteiger partial charge >= 0.3 is 5.51 Å². The van der Waals surface area contributed by atoms with E-state index in [0.29, 0.717) is 0 Å². The first-order valence-corrected chi connectivity index (χ1v) is 6.37. The molecule has 1 unspecified atom stereocenters. The van der Waals surface area contributed by atoms with Crippen molar-refractivity contribution in [3.8, 4) is 0 Å². The van der Waals surface area contributed by atoms with Crippen molar-refractivity contribution in [3.05, 3.63) is 29.8 Å². The Kier molecular flexibility index (Phi) is 4.06. The van der Waals surface area contributed by atoms with Gasteiger partial charge in [-0.1, -0.05) is 12.1 Å². The highest BCUT2D eigenvalue weighted by Crippen LogP contribution is 2.31. The van der Waals surface area contributed by atoms with Gasteiger partial charge in [-0.15, -0.1) is 11.6 Å². The summed E-state index contributed by atoms with van der Waals surface area (Å²) in [4.78, 5) is -0.910. The first kappa shape index (κ1) is 14.3. The van der Waals surface area contributed by atoms with Crippen molar-refractivity contribution in [2.45, 2.75) is 16.5 Å². The standard InChI is InChI=1S/C9H8ClF3O3S/c10-5-8(14)6-2-1-3-7(4-6)17(15,16)9(11,12)13/h1-4,8,14H,5H2. The molecule has 0 amide bonds. The van der Waals surface area contributed by atoms with Crippen LogP contribution in [0, 0.1) is 0 Å². The summed E-state index contributed by atoms with van der Waals surface area (Å²) in [5.74, 6) is -0.241. The van der Waals surface area contributed by atoms with Crippen LogP contribution in [-0.2, 0) is 9.84 Å². The van der Waals surface area contributed by atoms with Gasteiger partial charge in [0.2, 0.25) is 0 Å². The summed E-state index contributed by atoms with van der Waals surface area (Å²) in [7, 11) is -5.39.